The number of piperidine rings is 1. The molecule has 0 saturated carbocycles. The predicted octanol–water partition coefficient (Wildman–Crippen LogP) is 4.05. The van der Waals surface area contributed by atoms with Crippen LogP contribution in [-0.4, -0.2) is 40.1 Å². The minimum atomic E-state index is 0. The Labute approximate surface area is 148 Å². The molecule has 25 heavy (non-hydrogen) atoms. The summed E-state index contributed by atoms with van der Waals surface area (Å²) in [6.45, 7) is 4.92. The van der Waals surface area contributed by atoms with Gasteiger partial charge in [0.25, 0.3) is 0 Å². The lowest BCUT2D eigenvalue weighted by Crippen LogP contribution is -2.30. The first kappa shape index (κ1) is 15.9. The molecule has 1 aliphatic rings. The van der Waals surface area contributed by atoms with Crippen LogP contribution >= 0.6 is 0 Å². The normalized spacial score (nSPS) is 14.8. The van der Waals surface area contributed by atoms with Crippen LogP contribution in [0, 0.1) is 0 Å². The zero-order chi connectivity index (χ0) is 17.1. The van der Waals surface area contributed by atoms with E-state index >= 15 is 0 Å². The Kier molecular flexibility index (Phi) is 4.50. The number of hydrogen-bond donors (Lipinski definition) is 1. The van der Waals surface area contributed by atoms with Gasteiger partial charge in [-0.1, -0.05) is 6.92 Å². The Morgan fingerprint density at radius 3 is 2.92 bits per heavy atom. The fraction of sp³-hybridized carbons (Fsp3) is 0.421. The van der Waals surface area contributed by atoms with E-state index in [1.54, 1.807) is 6.20 Å². The van der Waals surface area contributed by atoms with Crippen LogP contribution in [0.15, 0.2) is 30.5 Å². The zero-order valence-electron chi connectivity index (χ0n) is 14.5. The van der Waals surface area contributed by atoms with Crippen molar-refractivity contribution in [1.29, 1.82) is 0 Å². The van der Waals surface area contributed by atoms with E-state index in [0.717, 1.165) is 53.2 Å². The molecule has 132 valence electrons. The van der Waals surface area contributed by atoms with Crippen molar-refractivity contribution in [3.63, 3.8) is 0 Å². The highest BCUT2D eigenvalue weighted by Gasteiger charge is 2.15. The van der Waals surface area contributed by atoms with E-state index in [0.29, 0.717) is 6.61 Å². The molecule has 0 bridgehead atoms. The van der Waals surface area contributed by atoms with E-state index in [1.807, 2.05) is 18.2 Å². The number of aromatic nitrogens is 4. The minimum absolute atomic E-state index is 0. The molecule has 1 aliphatic heterocycles. The molecule has 0 atom stereocenters. The van der Waals surface area contributed by atoms with Crippen LogP contribution in [0.3, 0.4) is 0 Å². The van der Waals surface area contributed by atoms with Crippen molar-refractivity contribution < 1.29 is 6.16 Å². The molecule has 1 aromatic carbocycles. The number of rotatable bonds is 5. The lowest BCUT2D eigenvalue weighted by molar-refractivity contribution is 0.318. The molecule has 0 spiro atoms. The number of benzene rings is 1. The van der Waals surface area contributed by atoms with E-state index in [2.05, 4.69) is 38.3 Å². The molecule has 6 nitrogen and oxygen atoms in total. The van der Waals surface area contributed by atoms with Gasteiger partial charge in [-0.15, -0.1) is 5.10 Å². The van der Waals surface area contributed by atoms with E-state index in [1.165, 1.54) is 19.3 Å². The van der Waals surface area contributed by atoms with Gasteiger partial charge in [0.1, 0.15) is 11.4 Å². The molecule has 4 rings (SSSR count). The zero-order valence-corrected chi connectivity index (χ0v) is 14.5. The molecule has 3 aromatic rings. The van der Waals surface area contributed by atoms with Gasteiger partial charge in [0.05, 0.1) is 18.3 Å². The van der Waals surface area contributed by atoms with Gasteiger partial charge < -0.3 is 9.64 Å². The second-order valence-corrected chi connectivity index (χ2v) is 6.48. The number of fused-ring (bicyclic) bond motifs is 1. The van der Waals surface area contributed by atoms with Gasteiger partial charge in [-0.3, -0.25) is 5.10 Å². The van der Waals surface area contributed by atoms with Crippen molar-refractivity contribution in [2.24, 2.45) is 0 Å². The average Bonchev–Trinajstić information content (AvgIpc) is 3.10. The summed E-state index contributed by atoms with van der Waals surface area (Å²) in [7, 11) is 0. The standard InChI is InChI=1S/C19H23N5O.H2/c1-2-10-25-15-6-7-17-16(12-15)19(23-21-17)14-11-18(22-20-13-14)24-8-4-3-5-9-24;/h6-7,11-13H,2-5,8-10H2,1H3,(H,21,23);1H. The average molecular weight is 339 g/mol. The number of aromatic amines is 1. The lowest BCUT2D eigenvalue weighted by atomic mass is 10.1. The van der Waals surface area contributed by atoms with Crippen LogP contribution in [0.4, 0.5) is 5.82 Å². The van der Waals surface area contributed by atoms with Crippen LogP contribution in [0.1, 0.15) is 34.0 Å². The van der Waals surface area contributed by atoms with Gasteiger partial charge in [0.15, 0.2) is 5.82 Å². The van der Waals surface area contributed by atoms with E-state index in [-0.39, 0.29) is 1.43 Å². The maximum Gasteiger partial charge on any atom is 0.151 e. The van der Waals surface area contributed by atoms with Gasteiger partial charge >= 0.3 is 0 Å². The lowest BCUT2D eigenvalue weighted by Gasteiger charge is -2.27. The molecule has 2 aromatic heterocycles. The number of hydrogen-bond acceptors (Lipinski definition) is 5. The van der Waals surface area contributed by atoms with Crippen molar-refractivity contribution in [2.75, 3.05) is 24.6 Å². The number of anilines is 1. The summed E-state index contributed by atoms with van der Waals surface area (Å²) in [6.07, 6.45) is 6.51. The first-order valence-electron chi connectivity index (χ1n) is 9.04. The van der Waals surface area contributed by atoms with Gasteiger partial charge in [-0.05, 0) is 49.9 Å². The van der Waals surface area contributed by atoms with Gasteiger partial charge in [0, 0.05) is 25.5 Å². The van der Waals surface area contributed by atoms with Gasteiger partial charge in [0.2, 0.25) is 0 Å². The molecule has 0 amide bonds. The molecule has 6 heteroatoms. The minimum Gasteiger partial charge on any atom is -0.494 e. The maximum absolute atomic E-state index is 5.76. The summed E-state index contributed by atoms with van der Waals surface area (Å²) >= 11 is 0. The SMILES string of the molecule is CCCOc1ccc2[nH]nc(-c3cnnc(N4CCCCC4)c3)c2c1.[HH]. The number of nitrogens with zero attached hydrogens (tertiary/aromatic N) is 4. The molecule has 1 saturated heterocycles. The molecule has 0 radical (unpaired) electrons. The highest BCUT2D eigenvalue weighted by atomic mass is 16.5. The molecular formula is C19H25N5O. The third-order valence-electron chi connectivity index (χ3n) is 4.60. The van der Waals surface area contributed by atoms with E-state index in [9.17, 15) is 0 Å². The predicted molar refractivity (Wildman–Crippen MR) is 101 cm³/mol. The Hall–Kier alpha value is -2.63. The summed E-state index contributed by atoms with van der Waals surface area (Å²) in [6, 6.07) is 8.12. The van der Waals surface area contributed by atoms with Crippen molar-refractivity contribution >= 4 is 16.7 Å². The topological polar surface area (TPSA) is 66.9 Å². The second kappa shape index (κ2) is 7.09. The summed E-state index contributed by atoms with van der Waals surface area (Å²) in [5, 5.41) is 17.2. The number of H-pyrrole nitrogens is 1. The first-order valence-corrected chi connectivity index (χ1v) is 9.04. The van der Waals surface area contributed by atoms with Crippen LogP contribution in [0.2, 0.25) is 0 Å². The van der Waals surface area contributed by atoms with E-state index in [4.69, 9.17) is 4.74 Å². The summed E-state index contributed by atoms with van der Waals surface area (Å²) in [5.74, 6) is 1.81. The van der Waals surface area contributed by atoms with Crippen molar-refractivity contribution in [1.82, 2.24) is 20.4 Å². The Bertz CT molecular complexity index is 860. The van der Waals surface area contributed by atoms with E-state index < -0.39 is 0 Å². The van der Waals surface area contributed by atoms with Crippen molar-refractivity contribution in [2.45, 2.75) is 32.6 Å². The summed E-state index contributed by atoms with van der Waals surface area (Å²) in [5.41, 5.74) is 2.87. The number of nitrogens with one attached hydrogen (secondary N) is 1. The molecule has 0 unspecified atom stereocenters. The third-order valence-corrected chi connectivity index (χ3v) is 4.60. The first-order chi connectivity index (χ1) is 12.3. The number of ether oxygens (including phenoxy) is 1. The smallest absolute Gasteiger partial charge is 0.151 e. The molecule has 0 aliphatic carbocycles. The highest BCUT2D eigenvalue weighted by molar-refractivity contribution is 5.93. The fourth-order valence-electron chi connectivity index (χ4n) is 3.29. The second-order valence-electron chi connectivity index (χ2n) is 6.48. The molecule has 1 N–H and O–H groups in total. The highest BCUT2D eigenvalue weighted by Crippen LogP contribution is 2.30. The van der Waals surface area contributed by atoms with Crippen LogP contribution in [0.5, 0.6) is 5.75 Å². The van der Waals surface area contributed by atoms with Gasteiger partial charge in [-0.2, -0.15) is 10.2 Å². The van der Waals surface area contributed by atoms with Crippen LogP contribution in [-0.2, 0) is 0 Å². The van der Waals surface area contributed by atoms with Crippen LogP contribution in [0.25, 0.3) is 22.2 Å². The molecule has 3 heterocycles. The van der Waals surface area contributed by atoms with Gasteiger partial charge in [-0.25, -0.2) is 0 Å². The largest absolute Gasteiger partial charge is 0.494 e. The molecule has 1 fully saturated rings. The maximum atomic E-state index is 5.76. The Morgan fingerprint density at radius 2 is 2.08 bits per heavy atom. The van der Waals surface area contributed by atoms with Crippen molar-refractivity contribution in [3.05, 3.63) is 30.5 Å². The Morgan fingerprint density at radius 1 is 1.20 bits per heavy atom. The third kappa shape index (κ3) is 3.29. The monoisotopic (exact) mass is 339 g/mol. The van der Waals surface area contributed by atoms with Crippen molar-refractivity contribution in [3.8, 4) is 17.0 Å². The quantitative estimate of drug-likeness (QED) is 0.760. The summed E-state index contributed by atoms with van der Waals surface area (Å²) in [4.78, 5) is 2.31. The summed E-state index contributed by atoms with van der Waals surface area (Å²) < 4.78 is 5.76. The Balaban J connectivity index is 0.00000196. The molecular weight excluding hydrogens is 314 g/mol. The van der Waals surface area contributed by atoms with Crippen LogP contribution < -0.4 is 9.64 Å². The fourth-order valence-corrected chi connectivity index (χ4v) is 3.29.